The third kappa shape index (κ3) is 4.23. The molecule has 1 fully saturated rings. The third-order valence-corrected chi connectivity index (χ3v) is 2.78. The first-order valence-corrected chi connectivity index (χ1v) is 6.03. The van der Waals surface area contributed by atoms with E-state index in [9.17, 15) is 4.79 Å². The molecule has 1 rings (SSSR count). The van der Waals surface area contributed by atoms with Crippen molar-refractivity contribution in [3.63, 3.8) is 0 Å². The van der Waals surface area contributed by atoms with E-state index in [0.29, 0.717) is 6.61 Å². The molecule has 1 aliphatic heterocycles. The van der Waals surface area contributed by atoms with E-state index in [1.54, 1.807) is 11.0 Å². The van der Waals surface area contributed by atoms with E-state index in [-0.39, 0.29) is 6.09 Å². The molecular formula is C12H22N2O2. The lowest BCUT2D eigenvalue weighted by atomic mass is 10.2. The van der Waals surface area contributed by atoms with Gasteiger partial charge in [-0.15, -0.1) is 0 Å². The number of carbonyl (C=O) groups is 1. The first kappa shape index (κ1) is 13.0. The van der Waals surface area contributed by atoms with Crippen molar-refractivity contribution in [3.05, 3.63) is 12.7 Å². The van der Waals surface area contributed by atoms with Crippen molar-refractivity contribution < 1.29 is 9.53 Å². The standard InChI is InChI=1S/C12H22N2O2/c1-3-5-6-13-7-9-14(10-8-13)12(15)16-11-4-2/h4H,2-3,5-11H2,1H3. The number of nitrogens with zero attached hydrogens (tertiary/aromatic N) is 2. The molecule has 0 unspecified atom stereocenters. The molecule has 4 nitrogen and oxygen atoms in total. The van der Waals surface area contributed by atoms with E-state index in [1.165, 1.54) is 12.8 Å². The smallest absolute Gasteiger partial charge is 0.410 e. The van der Waals surface area contributed by atoms with Crippen LogP contribution in [0.4, 0.5) is 4.79 Å². The molecule has 1 aliphatic rings. The van der Waals surface area contributed by atoms with Crippen LogP contribution in [0.15, 0.2) is 12.7 Å². The summed E-state index contributed by atoms with van der Waals surface area (Å²) < 4.78 is 5.00. The minimum absolute atomic E-state index is 0.213. The van der Waals surface area contributed by atoms with Crippen LogP contribution in [0.3, 0.4) is 0 Å². The van der Waals surface area contributed by atoms with E-state index in [4.69, 9.17) is 4.74 Å². The van der Waals surface area contributed by atoms with Crippen LogP contribution in [0, 0.1) is 0 Å². The number of amides is 1. The molecule has 0 aromatic heterocycles. The Hall–Kier alpha value is -1.03. The summed E-state index contributed by atoms with van der Waals surface area (Å²) >= 11 is 0. The molecular weight excluding hydrogens is 204 g/mol. The molecule has 92 valence electrons. The highest BCUT2D eigenvalue weighted by Crippen LogP contribution is 2.05. The van der Waals surface area contributed by atoms with Gasteiger partial charge in [-0.3, -0.25) is 4.90 Å². The fourth-order valence-electron chi connectivity index (χ4n) is 1.76. The Morgan fingerprint density at radius 3 is 2.62 bits per heavy atom. The Morgan fingerprint density at radius 1 is 1.38 bits per heavy atom. The molecule has 0 aromatic carbocycles. The zero-order chi connectivity index (χ0) is 11.8. The molecule has 16 heavy (non-hydrogen) atoms. The molecule has 0 N–H and O–H groups in total. The molecule has 0 spiro atoms. The average molecular weight is 226 g/mol. The second kappa shape index (κ2) is 7.28. The lowest BCUT2D eigenvalue weighted by Crippen LogP contribution is -2.49. The first-order chi connectivity index (χ1) is 7.77. The van der Waals surface area contributed by atoms with Crippen molar-refractivity contribution in [1.29, 1.82) is 0 Å². The molecule has 1 amide bonds. The van der Waals surface area contributed by atoms with Gasteiger partial charge in [0, 0.05) is 26.2 Å². The summed E-state index contributed by atoms with van der Waals surface area (Å²) in [4.78, 5) is 15.7. The van der Waals surface area contributed by atoms with Gasteiger partial charge in [0.2, 0.25) is 0 Å². The lowest BCUT2D eigenvalue weighted by molar-refractivity contribution is 0.0829. The fourth-order valence-corrected chi connectivity index (χ4v) is 1.76. The summed E-state index contributed by atoms with van der Waals surface area (Å²) in [6, 6.07) is 0. The number of unbranched alkanes of at least 4 members (excludes halogenated alkanes) is 1. The van der Waals surface area contributed by atoms with E-state index in [0.717, 1.165) is 32.7 Å². The van der Waals surface area contributed by atoms with Gasteiger partial charge in [0.25, 0.3) is 0 Å². The van der Waals surface area contributed by atoms with Gasteiger partial charge >= 0.3 is 6.09 Å². The largest absolute Gasteiger partial charge is 0.445 e. The van der Waals surface area contributed by atoms with E-state index < -0.39 is 0 Å². The topological polar surface area (TPSA) is 32.8 Å². The average Bonchev–Trinajstić information content (AvgIpc) is 2.34. The van der Waals surface area contributed by atoms with Crippen molar-refractivity contribution in [3.8, 4) is 0 Å². The van der Waals surface area contributed by atoms with Gasteiger partial charge in [-0.25, -0.2) is 4.79 Å². The van der Waals surface area contributed by atoms with Gasteiger partial charge in [0.1, 0.15) is 6.61 Å². The van der Waals surface area contributed by atoms with Crippen LogP contribution in [-0.4, -0.2) is 55.2 Å². The summed E-state index contributed by atoms with van der Waals surface area (Å²) in [5.74, 6) is 0. The highest BCUT2D eigenvalue weighted by Gasteiger charge is 2.21. The second-order valence-electron chi connectivity index (χ2n) is 4.05. The molecule has 0 aromatic rings. The van der Waals surface area contributed by atoms with Gasteiger partial charge in [-0.1, -0.05) is 26.0 Å². The zero-order valence-corrected chi connectivity index (χ0v) is 10.2. The maximum absolute atomic E-state index is 11.5. The van der Waals surface area contributed by atoms with E-state index in [2.05, 4.69) is 18.4 Å². The number of piperazine rings is 1. The minimum Gasteiger partial charge on any atom is -0.445 e. The molecule has 1 heterocycles. The Bertz CT molecular complexity index is 223. The highest BCUT2D eigenvalue weighted by atomic mass is 16.6. The first-order valence-electron chi connectivity index (χ1n) is 6.03. The molecule has 4 heteroatoms. The fraction of sp³-hybridized carbons (Fsp3) is 0.750. The summed E-state index contributed by atoms with van der Waals surface area (Å²) in [5.41, 5.74) is 0. The van der Waals surface area contributed by atoms with Crippen LogP contribution in [0.5, 0.6) is 0 Å². The van der Waals surface area contributed by atoms with Gasteiger partial charge in [0.15, 0.2) is 0 Å². The van der Waals surface area contributed by atoms with Crippen LogP contribution >= 0.6 is 0 Å². The zero-order valence-electron chi connectivity index (χ0n) is 10.2. The summed E-state index contributed by atoms with van der Waals surface area (Å²) in [5, 5.41) is 0. The van der Waals surface area contributed by atoms with Gasteiger partial charge < -0.3 is 9.64 Å². The number of rotatable bonds is 5. The van der Waals surface area contributed by atoms with Crippen LogP contribution < -0.4 is 0 Å². The predicted molar refractivity (Wildman–Crippen MR) is 64.5 cm³/mol. The summed E-state index contributed by atoms with van der Waals surface area (Å²) in [6.07, 6.45) is 3.84. The van der Waals surface area contributed by atoms with Gasteiger partial charge in [-0.05, 0) is 13.0 Å². The van der Waals surface area contributed by atoms with Gasteiger partial charge in [0.05, 0.1) is 0 Å². The van der Waals surface area contributed by atoms with Crippen molar-refractivity contribution in [2.24, 2.45) is 0 Å². The molecule has 0 bridgehead atoms. The quantitative estimate of drug-likeness (QED) is 0.669. The molecule has 0 aliphatic carbocycles. The minimum atomic E-state index is -0.213. The Kier molecular flexibility index (Phi) is 5.93. The highest BCUT2D eigenvalue weighted by molar-refractivity contribution is 5.67. The van der Waals surface area contributed by atoms with Crippen LogP contribution in [-0.2, 0) is 4.74 Å². The molecule has 0 radical (unpaired) electrons. The van der Waals surface area contributed by atoms with Crippen LogP contribution in [0.1, 0.15) is 19.8 Å². The monoisotopic (exact) mass is 226 g/mol. The number of hydrogen-bond acceptors (Lipinski definition) is 3. The Balaban J connectivity index is 2.20. The van der Waals surface area contributed by atoms with Crippen LogP contribution in [0.2, 0.25) is 0 Å². The third-order valence-electron chi connectivity index (χ3n) is 2.78. The summed E-state index contributed by atoms with van der Waals surface area (Å²) in [7, 11) is 0. The number of carbonyl (C=O) groups excluding carboxylic acids is 1. The number of ether oxygens (including phenoxy) is 1. The van der Waals surface area contributed by atoms with Crippen molar-refractivity contribution >= 4 is 6.09 Å². The molecule has 0 saturated carbocycles. The Morgan fingerprint density at radius 2 is 2.06 bits per heavy atom. The van der Waals surface area contributed by atoms with E-state index >= 15 is 0 Å². The van der Waals surface area contributed by atoms with Gasteiger partial charge in [-0.2, -0.15) is 0 Å². The lowest BCUT2D eigenvalue weighted by Gasteiger charge is -2.33. The second-order valence-corrected chi connectivity index (χ2v) is 4.05. The predicted octanol–water partition coefficient (Wildman–Crippen LogP) is 1.73. The summed E-state index contributed by atoms with van der Waals surface area (Å²) in [6.45, 7) is 10.6. The SMILES string of the molecule is C=CCOC(=O)N1CCN(CCCC)CC1. The number of hydrogen-bond donors (Lipinski definition) is 0. The van der Waals surface area contributed by atoms with Crippen molar-refractivity contribution in [2.45, 2.75) is 19.8 Å². The van der Waals surface area contributed by atoms with E-state index in [1.807, 2.05) is 0 Å². The maximum Gasteiger partial charge on any atom is 0.410 e. The Labute approximate surface area is 97.9 Å². The molecule has 0 atom stereocenters. The normalized spacial score (nSPS) is 17.2. The van der Waals surface area contributed by atoms with Crippen molar-refractivity contribution in [2.75, 3.05) is 39.3 Å². The molecule has 1 saturated heterocycles. The maximum atomic E-state index is 11.5. The van der Waals surface area contributed by atoms with Crippen LogP contribution in [0.25, 0.3) is 0 Å². The van der Waals surface area contributed by atoms with Crippen molar-refractivity contribution in [1.82, 2.24) is 9.80 Å².